The van der Waals surface area contributed by atoms with Crippen molar-refractivity contribution >= 4 is 18.3 Å². The predicted octanol–water partition coefficient (Wildman–Crippen LogP) is 2.11. The first-order chi connectivity index (χ1) is 10.2. The van der Waals surface area contributed by atoms with Crippen molar-refractivity contribution in [1.29, 1.82) is 0 Å². The first kappa shape index (κ1) is 17.3. The van der Waals surface area contributed by atoms with Crippen LogP contribution in [-0.4, -0.2) is 49.2 Å². The van der Waals surface area contributed by atoms with Gasteiger partial charge in [0.1, 0.15) is 6.04 Å². The van der Waals surface area contributed by atoms with Crippen molar-refractivity contribution in [1.82, 2.24) is 10.2 Å². The average molecular weight is 325 g/mol. The Kier molecular flexibility index (Phi) is 5.84. The highest BCUT2D eigenvalue weighted by molar-refractivity contribution is 5.85. The van der Waals surface area contributed by atoms with Gasteiger partial charge in [0.05, 0.1) is 12.7 Å². The minimum Gasteiger partial charge on any atom is -0.375 e. The van der Waals surface area contributed by atoms with Gasteiger partial charge in [-0.15, -0.1) is 12.4 Å². The minimum absolute atomic E-state index is 0. The number of morpholine rings is 1. The topological polar surface area (TPSA) is 41.6 Å². The van der Waals surface area contributed by atoms with Crippen LogP contribution in [0.2, 0.25) is 0 Å². The number of ether oxygens (including phenoxy) is 1. The summed E-state index contributed by atoms with van der Waals surface area (Å²) in [6.45, 7) is 7.26. The molecule has 3 atom stereocenters. The maximum absolute atomic E-state index is 12.7. The molecule has 1 N–H and O–H groups in total. The number of likely N-dealkylation sites (tertiary alicyclic amines) is 1. The SMILES string of the molecule is Cc1ccccc1C1CCN(C(=O)[C@H]2NCCO[C@@H]2C)C1.Cl. The highest BCUT2D eigenvalue weighted by Crippen LogP contribution is 2.29. The summed E-state index contributed by atoms with van der Waals surface area (Å²) in [5, 5.41) is 3.30. The zero-order valence-corrected chi connectivity index (χ0v) is 14.1. The third-order valence-corrected chi connectivity index (χ3v) is 4.71. The quantitative estimate of drug-likeness (QED) is 0.906. The molecule has 0 bridgehead atoms. The van der Waals surface area contributed by atoms with Gasteiger partial charge >= 0.3 is 0 Å². The molecule has 0 spiro atoms. The van der Waals surface area contributed by atoms with E-state index >= 15 is 0 Å². The molecule has 1 amide bonds. The van der Waals surface area contributed by atoms with Crippen LogP contribution in [0, 0.1) is 6.92 Å². The second-order valence-electron chi connectivity index (χ2n) is 6.13. The van der Waals surface area contributed by atoms with Crippen LogP contribution in [0.25, 0.3) is 0 Å². The smallest absolute Gasteiger partial charge is 0.242 e. The van der Waals surface area contributed by atoms with Crippen molar-refractivity contribution in [3.8, 4) is 0 Å². The van der Waals surface area contributed by atoms with Gasteiger partial charge in [-0.2, -0.15) is 0 Å². The molecule has 2 heterocycles. The number of carbonyl (C=O) groups excluding carboxylic acids is 1. The molecule has 0 saturated carbocycles. The van der Waals surface area contributed by atoms with Gasteiger partial charge < -0.3 is 15.0 Å². The van der Waals surface area contributed by atoms with Crippen LogP contribution in [0.3, 0.4) is 0 Å². The lowest BCUT2D eigenvalue weighted by atomic mass is 9.94. The highest BCUT2D eigenvalue weighted by atomic mass is 35.5. The molecule has 2 aliphatic rings. The molecule has 0 radical (unpaired) electrons. The molecule has 22 heavy (non-hydrogen) atoms. The van der Waals surface area contributed by atoms with E-state index in [-0.39, 0.29) is 30.5 Å². The van der Waals surface area contributed by atoms with E-state index in [1.807, 2.05) is 11.8 Å². The van der Waals surface area contributed by atoms with Crippen LogP contribution < -0.4 is 5.32 Å². The van der Waals surface area contributed by atoms with Crippen molar-refractivity contribution in [2.24, 2.45) is 0 Å². The first-order valence-electron chi connectivity index (χ1n) is 7.86. The summed E-state index contributed by atoms with van der Waals surface area (Å²) in [7, 11) is 0. The number of nitrogens with zero attached hydrogens (tertiary/aromatic N) is 1. The number of nitrogens with one attached hydrogen (secondary N) is 1. The molecule has 1 unspecified atom stereocenters. The molecular formula is C17H25ClN2O2. The Labute approximate surface area is 138 Å². The number of halogens is 1. The standard InChI is InChI=1S/C17H24N2O2.ClH/c1-12-5-3-4-6-15(12)14-7-9-19(11-14)17(20)16-13(2)21-10-8-18-16;/h3-6,13-14,16,18H,7-11H2,1-2H3;1H/t13-,14?,16+;/m1./s1. The van der Waals surface area contributed by atoms with E-state index in [2.05, 4.69) is 36.5 Å². The lowest BCUT2D eigenvalue weighted by Gasteiger charge is -2.32. The molecule has 2 fully saturated rings. The van der Waals surface area contributed by atoms with E-state index in [4.69, 9.17) is 4.74 Å². The summed E-state index contributed by atoms with van der Waals surface area (Å²) in [5.41, 5.74) is 2.71. The average Bonchev–Trinajstić information content (AvgIpc) is 2.97. The van der Waals surface area contributed by atoms with Crippen molar-refractivity contribution in [3.63, 3.8) is 0 Å². The third kappa shape index (κ3) is 3.45. The Hall–Kier alpha value is -1.10. The van der Waals surface area contributed by atoms with E-state index in [0.29, 0.717) is 12.5 Å². The maximum atomic E-state index is 12.7. The Morgan fingerprint density at radius 2 is 2.14 bits per heavy atom. The number of hydrogen-bond acceptors (Lipinski definition) is 3. The number of amides is 1. The normalized spacial score (nSPS) is 28.3. The Balaban J connectivity index is 0.00000176. The Morgan fingerprint density at radius 3 is 2.86 bits per heavy atom. The fourth-order valence-electron chi connectivity index (χ4n) is 3.47. The predicted molar refractivity (Wildman–Crippen MR) is 89.6 cm³/mol. The van der Waals surface area contributed by atoms with E-state index in [9.17, 15) is 4.79 Å². The van der Waals surface area contributed by atoms with Crippen LogP contribution >= 0.6 is 12.4 Å². The van der Waals surface area contributed by atoms with Crippen molar-refractivity contribution in [2.45, 2.75) is 38.3 Å². The second-order valence-corrected chi connectivity index (χ2v) is 6.13. The summed E-state index contributed by atoms with van der Waals surface area (Å²) < 4.78 is 5.59. The summed E-state index contributed by atoms with van der Waals surface area (Å²) in [6, 6.07) is 8.32. The van der Waals surface area contributed by atoms with Gasteiger partial charge in [0.2, 0.25) is 5.91 Å². The van der Waals surface area contributed by atoms with Crippen LogP contribution in [0.1, 0.15) is 30.4 Å². The van der Waals surface area contributed by atoms with Gasteiger partial charge in [-0.25, -0.2) is 0 Å². The van der Waals surface area contributed by atoms with Gasteiger partial charge in [-0.3, -0.25) is 4.79 Å². The van der Waals surface area contributed by atoms with E-state index in [1.165, 1.54) is 11.1 Å². The van der Waals surface area contributed by atoms with Gasteiger partial charge in [-0.1, -0.05) is 24.3 Å². The van der Waals surface area contributed by atoms with Gasteiger partial charge in [0.15, 0.2) is 0 Å². The Bertz CT molecular complexity index is 523. The zero-order chi connectivity index (χ0) is 14.8. The van der Waals surface area contributed by atoms with Crippen LogP contribution in [0.15, 0.2) is 24.3 Å². The van der Waals surface area contributed by atoms with E-state index in [0.717, 1.165) is 26.1 Å². The third-order valence-electron chi connectivity index (χ3n) is 4.71. The van der Waals surface area contributed by atoms with Gasteiger partial charge in [0, 0.05) is 25.6 Å². The minimum atomic E-state index is -0.186. The molecule has 1 aromatic rings. The number of benzene rings is 1. The first-order valence-corrected chi connectivity index (χ1v) is 7.86. The van der Waals surface area contributed by atoms with Crippen LogP contribution in [0.4, 0.5) is 0 Å². The molecule has 2 aliphatic heterocycles. The van der Waals surface area contributed by atoms with Crippen molar-refractivity contribution in [3.05, 3.63) is 35.4 Å². The van der Waals surface area contributed by atoms with Crippen LogP contribution in [0.5, 0.6) is 0 Å². The summed E-state index contributed by atoms with van der Waals surface area (Å²) >= 11 is 0. The summed E-state index contributed by atoms with van der Waals surface area (Å²) in [6.07, 6.45) is 1.02. The largest absolute Gasteiger partial charge is 0.375 e. The fourth-order valence-corrected chi connectivity index (χ4v) is 3.47. The number of hydrogen-bond donors (Lipinski definition) is 1. The molecule has 1 aromatic carbocycles. The molecule has 0 aliphatic carbocycles. The molecule has 4 nitrogen and oxygen atoms in total. The molecule has 122 valence electrons. The number of aryl methyl sites for hydroxylation is 1. The van der Waals surface area contributed by atoms with Gasteiger partial charge in [-0.05, 0) is 31.4 Å². The molecule has 0 aromatic heterocycles. The molecule has 3 rings (SSSR count). The summed E-state index contributed by atoms with van der Waals surface area (Å²) in [5.74, 6) is 0.660. The molecule has 2 saturated heterocycles. The Morgan fingerprint density at radius 1 is 1.36 bits per heavy atom. The monoisotopic (exact) mass is 324 g/mol. The van der Waals surface area contributed by atoms with Crippen molar-refractivity contribution < 1.29 is 9.53 Å². The summed E-state index contributed by atoms with van der Waals surface area (Å²) in [4.78, 5) is 14.7. The van der Waals surface area contributed by atoms with Gasteiger partial charge in [0.25, 0.3) is 0 Å². The van der Waals surface area contributed by atoms with E-state index in [1.54, 1.807) is 0 Å². The van der Waals surface area contributed by atoms with Crippen molar-refractivity contribution in [2.75, 3.05) is 26.2 Å². The number of carbonyl (C=O) groups is 1. The molecule has 5 heteroatoms. The second kappa shape index (κ2) is 7.44. The van der Waals surface area contributed by atoms with E-state index < -0.39 is 0 Å². The maximum Gasteiger partial charge on any atom is 0.242 e. The lowest BCUT2D eigenvalue weighted by molar-refractivity contribution is -0.138. The van der Waals surface area contributed by atoms with Crippen LogP contribution in [-0.2, 0) is 9.53 Å². The zero-order valence-electron chi connectivity index (χ0n) is 13.2. The fraction of sp³-hybridized carbons (Fsp3) is 0.588. The number of rotatable bonds is 2. The highest BCUT2D eigenvalue weighted by Gasteiger charge is 2.35. The lowest BCUT2D eigenvalue weighted by Crippen LogP contribution is -2.56. The molecular weight excluding hydrogens is 300 g/mol.